The first kappa shape index (κ1) is 6.40. The van der Waals surface area contributed by atoms with Crippen LogP contribution < -0.4 is 0 Å². The summed E-state index contributed by atoms with van der Waals surface area (Å²) in [4.78, 5) is 0. The molecule has 0 aliphatic rings. The van der Waals surface area contributed by atoms with Crippen LogP contribution in [0.4, 0.5) is 0 Å². The maximum absolute atomic E-state index is 3.50. The fourth-order valence-electron chi connectivity index (χ4n) is 0.0913. The van der Waals surface area contributed by atoms with Crippen LogP contribution in [0.25, 0.3) is 0 Å². The molecule has 0 radical (unpaired) electrons. The second-order valence-corrected chi connectivity index (χ2v) is 2.50. The molecule has 33 valence electrons. The minimum atomic E-state index is 1.22. The fourth-order valence-corrected chi connectivity index (χ4v) is 0.723. The Morgan fingerprint density at radius 2 is 2.33 bits per heavy atom. The van der Waals surface area contributed by atoms with Gasteiger partial charge in [-0.25, -0.2) is 0 Å². The Labute approximate surface area is 48.7 Å². The van der Waals surface area contributed by atoms with E-state index in [1.165, 1.54) is 6.46 Å². The summed E-state index contributed by atoms with van der Waals surface area (Å²) >= 11 is 2.49. The van der Waals surface area contributed by atoms with E-state index in [2.05, 4.69) is 23.9 Å². The maximum atomic E-state index is 3.50. The fraction of sp³-hybridized carbons (Fsp3) is 0. The van der Waals surface area contributed by atoms with Crippen molar-refractivity contribution in [3.63, 3.8) is 0 Å². The van der Waals surface area contributed by atoms with Gasteiger partial charge < -0.3 is 0 Å². The molecule has 2 heteroatoms. The van der Waals surface area contributed by atoms with Crippen LogP contribution in [0, 0.1) is 0 Å². The van der Waals surface area contributed by atoms with Crippen LogP contribution in [-0.4, -0.2) is 0 Å². The summed E-state index contributed by atoms with van der Waals surface area (Å²) < 4.78 is 0. The second kappa shape index (κ2) is 5.40. The van der Waals surface area contributed by atoms with E-state index in [1.54, 1.807) is 6.08 Å². The van der Waals surface area contributed by atoms with Crippen LogP contribution in [0.15, 0.2) is 24.5 Å². The van der Waals surface area contributed by atoms with Crippen LogP contribution in [0.2, 0.25) is 0 Å². The van der Waals surface area contributed by atoms with E-state index >= 15 is 0 Å². The van der Waals surface area contributed by atoms with Crippen LogP contribution in [0.3, 0.4) is 0 Å². The zero-order valence-corrected chi connectivity index (χ0v) is 5.87. The Kier molecular flexibility index (Phi) is 5.77. The summed E-state index contributed by atoms with van der Waals surface area (Å²) in [7, 11) is 0. The summed E-state index contributed by atoms with van der Waals surface area (Å²) in [5.74, 6) is 2.00. The van der Waals surface area contributed by atoms with Gasteiger partial charge in [-0.2, -0.15) is 0 Å². The van der Waals surface area contributed by atoms with Crippen molar-refractivity contribution in [1.82, 2.24) is 0 Å². The molecular formula is C4H5PRu+. The van der Waals surface area contributed by atoms with Gasteiger partial charge in [-0.1, -0.05) is 0 Å². The molecule has 0 aromatic heterocycles. The van der Waals surface area contributed by atoms with E-state index in [0.29, 0.717) is 0 Å². The van der Waals surface area contributed by atoms with Crippen molar-refractivity contribution < 1.29 is 17.3 Å². The first-order valence-corrected chi connectivity index (χ1v) is 4.66. The summed E-state index contributed by atoms with van der Waals surface area (Å²) in [5.41, 5.74) is 0. The van der Waals surface area contributed by atoms with Gasteiger partial charge in [0.15, 0.2) is 0 Å². The Balaban J connectivity index is 3.17. The third-order valence-electron chi connectivity index (χ3n) is 0.275. The molecule has 0 spiro atoms. The molecule has 0 atom stereocenters. The van der Waals surface area contributed by atoms with Crippen LogP contribution in [0.5, 0.6) is 0 Å². The average molecular weight is 185 g/mol. The third kappa shape index (κ3) is 4.40. The van der Waals surface area contributed by atoms with Gasteiger partial charge in [0.1, 0.15) is 0 Å². The van der Waals surface area contributed by atoms with Crippen molar-refractivity contribution in [2.75, 3.05) is 0 Å². The molecule has 0 fully saturated rings. The molecule has 0 nitrogen and oxygen atoms in total. The van der Waals surface area contributed by atoms with Gasteiger partial charge >= 0.3 is 48.3 Å². The van der Waals surface area contributed by atoms with Gasteiger partial charge in [-0.15, -0.1) is 0 Å². The van der Waals surface area contributed by atoms with Crippen molar-refractivity contribution in [2.24, 2.45) is 0 Å². The summed E-state index contributed by atoms with van der Waals surface area (Å²) in [6.45, 7) is 4.72. The van der Waals surface area contributed by atoms with Crippen LogP contribution >= 0.6 is 6.46 Å². The SMILES string of the molecule is C=C/C=C\[P]=[Ru+]. The molecule has 0 bridgehead atoms. The normalized spacial score (nSPS) is 10.0. The summed E-state index contributed by atoms with van der Waals surface area (Å²) in [5, 5.41) is 0. The van der Waals surface area contributed by atoms with Crippen LogP contribution in [0.1, 0.15) is 0 Å². The molecule has 0 unspecified atom stereocenters. The average Bonchev–Trinajstić information content (AvgIpc) is 1.61. The Bertz CT molecular complexity index is 65.6. The van der Waals surface area contributed by atoms with Gasteiger partial charge in [0.25, 0.3) is 0 Å². The van der Waals surface area contributed by atoms with Gasteiger partial charge in [-0.05, 0) is 0 Å². The number of hydrogen-bond donors (Lipinski definition) is 0. The molecule has 0 saturated heterocycles. The van der Waals surface area contributed by atoms with Crippen LogP contribution in [-0.2, 0) is 17.3 Å². The van der Waals surface area contributed by atoms with Crippen molar-refractivity contribution in [1.29, 1.82) is 0 Å². The monoisotopic (exact) mass is 186 g/mol. The quantitative estimate of drug-likeness (QED) is 0.351. The van der Waals surface area contributed by atoms with E-state index in [-0.39, 0.29) is 0 Å². The Morgan fingerprint density at radius 3 is 2.50 bits per heavy atom. The van der Waals surface area contributed by atoms with Gasteiger partial charge in [-0.3, -0.25) is 0 Å². The first-order valence-electron chi connectivity index (χ1n) is 1.49. The molecule has 0 aliphatic carbocycles. The van der Waals surface area contributed by atoms with Gasteiger partial charge in [0.05, 0.1) is 0 Å². The van der Waals surface area contributed by atoms with Crippen molar-refractivity contribution in [3.05, 3.63) is 24.5 Å². The van der Waals surface area contributed by atoms with E-state index in [9.17, 15) is 0 Å². The number of allylic oxidation sites excluding steroid dienone is 2. The molecule has 0 amide bonds. The van der Waals surface area contributed by atoms with E-state index in [1.807, 2.05) is 11.9 Å². The summed E-state index contributed by atoms with van der Waals surface area (Å²) in [6, 6.07) is 0. The number of hydrogen-bond acceptors (Lipinski definition) is 0. The van der Waals surface area contributed by atoms with Crippen molar-refractivity contribution in [2.45, 2.75) is 0 Å². The van der Waals surface area contributed by atoms with E-state index < -0.39 is 0 Å². The predicted octanol–water partition coefficient (Wildman–Crippen LogP) is 2.09. The second-order valence-electron chi connectivity index (χ2n) is 0.669. The predicted molar refractivity (Wildman–Crippen MR) is 26.3 cm³/mol. The van der Waals surface area contributed by atoms with E-state index in [0.717, 1.165) is 0 Å². The molecule has 6 heavy (non-hydrogen) atoms. The van der Waals surface area contributed by atoms with Gasteiger partial charge in [0, 0.05) is 0 Å². The molecule has 0 heterocycles. The molecule has 0 aliphatic heterocycles. The Hall–Kier alpha value is 0.403. The minimum absolute atomic E-state index is 1.22. The molecular weight excluding hydrogens is 180 g/mol. The zero-order chi connectivity index (χ0) is 4.83. The molecule has 0 rings (SSSR count). The topological polar surface area (TPSA) is 0 Å². The van der Waals surface area contributed by atoms with E-state index in [4.69, 9.17) is 0 Å². The standard InChI is InChI=1S/C4H5P.Ru/c1-2-3-4-5;/h2-4H,1H2;/q;+1/b4-3-;. The van der Waals surface area contributed by atoms with Gasteiger partial charge in [0.2, 0.25) is 0 Å². The Morgan fingerprint density at radius 1 is 1.67 bits per heavy atom. The van der Waals surface area contributed by atoms with Crippen molar-refractivity contribution in [3.8, 4) is 0 Å². The zero-order valence-electron chi connectivity index (χ0n) is 3.24. The molecule has 0 aromatic carbocycles. The third-order valence-corrected chi connectivity index (χ3v) is 1.33. The molecule has 0 N–H and O–H groups in total. The number of rotatable bonds is 2. The summed E-state index contributed by atoms with van der Waals surface area (Å²) in [6.07, 6.45) is 3.68. The molecule has 0 aromatic rings. The van der Waals surface area contributed by atoms with Crippen molar-refractivity contribution >= 4 is 6.46 Å². The first-order chi connectivity index (χ1) is 2.91. The molecule has 0 saturated carbocycles.